The zero-order valence-corrected chi connectivity index (χ0v) is 7.64. The number of carbonyl (C=O) groups is 1. The van der Waals surface area contributed by atoms with E-state index in [0.717, 1.165) is 0 Å². The molecular formula is C8H9N5O. The third-order valence-electron chi connectivity index (χ3n) is 1.88. The van der Waals surface area contributed by atoms with E-state index in [1.54, 1.807) is 6.92 Å². The number of nitrogens with one attached hydrogen (secondary N) is 1. The van der Waals surface area contributed by atoms with Crippen LogP contribution >= 0.6 is 0 Å². The lowest BCUT2D eigenvalue weighted by molar-refractivity contribution is -0.119. The Morgan fingerprint density at radius 1 is 1.50 bits per heavy atom. The normalized spacial score (nSPS) is 22.8. The number of carbonyl (C=O) groups excluding carboxylic acids is 1. The van der Waals surface area contributed by atoms with Crippen molar-refractivity contribution >= 4 is 30.3 Å². The quantitative estimate of drug-likeness (QED) is 0.610. The van der Waals surface area contributed by atoms with Gasteiger partial charge in [-0.3, -0.25) is 9.79 Å². The standard InChI is InChI=1S/C8H9N5O/c1-2-5(14)13-8-6-7(10-3-9-6)11-4-12-8/h3-4,6H,2H2,1H3,(H,9,10,11,12,13,14). The number of hydrogen-bond acceptors (Lipinski definition) is 5. The Kier molecular flexibility index (Phi) is 2.18. The van der Waals surface area contributed by atoms with Crippen LogP contribution in [0.1, 0.15) is 13.3 Å². The van der Waals surface area contributed by atoms with E-state index >= 15 is 0 Å². The summed E-state index contributed by atoms with van der Waals surface area (Å²) in [5.41, 5.74) is 0. The Morgan fingerprint density at radius 2 is 2.36 bits per heavy atom. The summed E-state index contributed by atoms with van der Waals surface area (Å²) in [7, 11) is 0. The fourth-order valence-corrected chi connectivity index (χ4v) is 1.15. The molecule has 6 heteroatoms. The molecule has 0 spiro atoms. The third-order valence-corrected chi connectivity index (χ3v) is 1.88. The number of fused-ring (bicyclic) bond motifs is 1. The summed E-state index contributed by atoms with van der Waals surface area (Å²) >= 11 is 0. The fraction of sp³-hybridized carbons (Fsp3) is 0.375. The van der Waals surface area contributed by atoms with Crippen LogP contribution in [-0.4, -0.2) is 36.3 Å². The summed E-state index contributed by atoms with van der Waals surface area (Å²) in [4.78, 5) is 27.0. The molecule has 0 aromatic rings. The predicted molar refractivity (Wildman–Crippen MR) is 54.1 cm³/mol. The van der Waals surface area contributed by atoms with Crippen molar-refractivity contribution in [3.63, 3.8) is 0 Å². The summed E-state index contributed by atoms with van der Waals surface area (Å²) in [6.45, 7) is 1.78. The van der Waals surface area contributed by atoms with Gasteiger partial charge in [-0.05, 0) is 0 Å². The van der Waals surface area contributed by atoms with Crippen molar-refractivity contribution in [3.05, 3.63) is 0 Å². The van der Waals surface area contributed by atoms with Crippen LogP contribution in [-0.2, 0) is 4.79 Å². The van der Waals surface area contributed by atoms with Crippen molar-refractivity contribution < 1.29 is 4.79 Å². The highest BCUT2D eigenvalue weighted by Gasteiger charge is 2.26. The maximum absolute atomic E-state index is 11.1. The molecule has 0 radical (unpaired) electrons. The lowest BCUT2D eigenvalue weighted by Gasteiger charge is -2.14. The van der Waals surface area contributed by atoms with Crippen LogP contribution in [0, 0.1) is 0 Å². The average molecular weight is 191 g/mol. The van der Waals surface area contributed by atoms with Crippen LogP contribution in [0.5, 0.6) is 0 Å². The van der Waals surface area contributed by atoms with E-state index in [2.05, 4.69) is 25.3 Å². The second kappa shape index (κ2) is 3.49. The molecule has 0 aliphatic carbocycles. The molecule has 0 fully saturated rings. The van der Waals surface area contributed by atoms with E-state index < -0.39 is 0 Å². The van der Waals surface area contributed by atoms with Crippen molar-refractivity contribution in [1.29, 1.82) is 0 Å². The maximum Gasteiger partial charge on any atom is 0.225 e. The molecule has 0 saturated heterocycles. The molecule has 2 rings (SSSR count). The van der Waals surface area contributed by atoms with E-state index in [-0.39, 0.29) is 11.9 Å². The van der Waals surface area contributed by atoms with Crippen LogP contribution in [0.2, 0.25) is 0 Å². The Hall–Kier alpha value is -1.85. The van der Waals surface area contributed by atoms with E-state index in [4.69, 9.17) is 0 Å². The van der Waals surface area contributed by atoms with Gasteiger partial charge in [0, 0.05) is 6.42 Å². The lowest BCUT2D eigenvalue weighted by Crippen LogP contribution is -2.41. The van der Waals surface area contributed by atoms with Gasteiger partial charge in [-0.15, -0.1) is 0 Å². The molecular weight excluding hydrogens is 182 g/mol. The fourth-order valence-electron chi connectivity index (χ4n) is 1.15. The van der Waals surface area contributed by atoms with Gasteiger partial charge in [0.05, 0.1) is 0 Å². The monoisotopic (exact) mass is 191 g/mol. The first-order valence-electron chi connectivity index (χ1n) is 4.30. The van der Waals surface area contributed by atoms with Crippen molar-refractivity contribution in [1.82, 2.24) is 5.32 Å². The summed E-state index contributed by atoms with van der Waals surface area (Å²) < 4.78 is 0. The molecule has 1 unspecified atom stereocenters. The SMILES string of the molecule is CCC(=O)NC1=NC=NC2=NC=NC21. The van der Waals surface area contributed by atoms with Gasteiger partial charge in [-0.1, -0.05) is 6.92 Å². The summed E-state index contributed by atoms with van der Waals surface area (Å²) in [5.74, 6) is 0.992. The number of rotatable bonds is 1. The minimum absolute atomic E-state index is 0.0829. The molecule has 1 N–H and O–H groups in total. The van der Waals surface area contributed by atoms with Gasteiger partial charge < -0.3 is 5.32 Å². The molecule has 0 saturated carbocycles. The van der Waals surface area contributed by atoms with Crippen molar-refractivity contribution in [2.75, 3.05) is 0 Å². The van der Waals surface area contributed by atoms with Crippen LogP contribution in [0.25, 0.3) is 0 Å². The highest BCUT2D eigenvalue weighted by atomic mass is 16.1. The number of amides is 1. The summed E-state index contributed by atoms with van der Waals surface area (Å²) in [6, 6.07) is -0.324. The Balaban J connectivity index is 2.15. The van der Waals surface area contributed by atoms with Crippen molar-refractivity contribution in [2.24, 2.45) is 20.0 Å². The first-order valence-corrected chi connectivity index (χ1v) is 4.30. The smallest absolute Gasteiger partial charge is 0.225 e. The van der Waals surface area contributed by atoms with Crippen LogP contribution in [0.3, 0.4) is 0 Å². The second-order valence-corrected chi connectivity index (χ2v) is 2.82. The molecule has 2 aliphatic heterocycles. The van der Waals surface area contributed by atoms with Gasteiger partial charge in [0.25, 0.3) is 0 Å². The van der Waals surface area contributed by atoms with Crippen molar-refractivity contribution in [3.8, 4) is 0 Å². The average Bonchev–Trinajstić information content (AvgIpc) is 2.66. The van der Waals surface area contributed by atoms with Gasteiger partial charge in [0.2, 0.25) is 5.91 Å². The summed E-state index contributed by atoms with van der Waals surface area (Å²) in [5, 5.41) is 2.67. The zero-order chi connectivity index (χ0) is 9.97. The first-order chi connectivity index (χ1) is 6.81. The number of amidine groups is 2. The predicted octanol–water partition coefficient (Wildman–Crippen LogP) is -0.238. The molecule has 0 aromatic heterocycles. The molecule has 2 heterocycles. The van der Waals surface area contributed by atoms with E-state index in [0.29, 0.717) is 18.1 Å². The molecule has 14 heavy (non-hydrogen) atoms. The highest BCUT2D eigenvalue weighted by molar-refractivity contribution is 6.22. The minimum atomic E-state index is -0.324. The number of nitrogens with zero attached hydrogens (tertiary/aromatic N) is 4. The van der Waals surface area contributed by atoms with Gasteiger partial charge in [-0.25, -0.2) is 15.0 Å². The van der Waals surface area contributed by atoms with E-state index in [9.17, 15) is 4.79 Å². The molecule has 1 amide bonds. The molecule has 2 aliphatic rings. The maximum atomic E-state index is 11.1. The number of hydrogen-bond donors (Lipinski definition) is 1. The van der Waals surface area contributed by atoms with E-state index in [1.807, 2.05) is 0 Å². The van der Waals surface area contributed by atoms with Crippen LogP contribution < -0.4 is 5.32 Å². The lowest BCUT2D eigenvalue weighted by atomic mass is 10.2. The van der Waals surface area contributed by atoms with E-state index in [1.165, 1.54) is 12.7 Å². The zero-order valence-electron chi connectivity index (χ0n) is 7.64. The van der Waals surface area contributed by atoms with Crippen LogP contribution in [0.4, 0.5) is 0 Å². The second-order valence-electron chi connectivity index (χ2n) is 2.82. The van der Waals surface area contributed by atoms with Crippen LogP contribution in [0.15, 0.2) is 20.0 Å². The third kappa shape index (κ3) is 1.46. The Bertz CT molecular complexity index is 379. The highest BCUT2D eigenvalue weighted by Crippen LogP contribution is 2.07. The Morgan fingerprint density at radius 3 is 3.14 bits per heavy atom. The van der Waals surface area contributed by atoms with Gasteiger partial charge in [0.1, 0.15) is 18.5 Å². The van der Waals surface area contributed by atoms with Gasteiger partial charge >= 0.3 is 0 Å². The largest absolute Gasteiger partial charge is 0.312 e. The number of aliphatic imine (C=N–C) groups is 4. The van der Waals surface area contributed by atoms with Gasteiger partial charge in [0.15, 0.2) is 11.9 Å². The molecule has 0 bridgehead atoms. The minimum Gasteiger partial charge on any atom is -0.312 e. The summed E-state index contributed by atoms with van der Waals surface area (Å²) in [6.07, 6.45) is 3.21. The molecule has 6 nitrogen and oxygen atoms in total. The Labute approximate surface area is 80.6 Å². The first kappa shape index (κ1) is 8.74. The molecule has 1 atom stereocenters. The van der Waals surface area contributed by atoms with Crippen molar-refractivity contribution in [2.45, 2.75) is 19.4 Å². The van der Waals surface area contributed by atoms with Gasteiger partial charge in [-0.2, -0.15) is 0 Å². The molecule has 72 valence electrons. The molecule has 0 aromatic carbocycles. The topological polar surface area (TPSA) is 78.5 Å².